The van der Waals surface area contributed by atoms with Crippen LogP contribution >= 0.6 is 0 Å². The molecular weight excluding hydrogens is 448 g/mol. The molecule has 34 heavy (non-hydrogen) atoms. The van der Waals surface area contributed by atoms with Crippen molar-refractivity contribution in [1.29, 1.82) is 0 Å². The summed E-state index contributed by atoms with van der Waals surface area (Å²) in [5.74, 6) is -3.47. The fourth-order valence-electron chi connectivity index (χ4n) is 2.62. The van der Waals surface area contributed by atoms with Crippen LogP contribution in [0.1, 0.15) is 46.5 Å². The highest BCUT2D eigenvalue weighted by Gasteiger charge is 2.31. The van der Waals surface area contributed by atoms with Gasteiger partial charge < -0.3 is 40.2 Å². The molecule has 0 aromatic carbocycles. The first kappa shape index (κ1) is 31.3. The van der Waals surface area contributed by atoms with Gasteiger partial charge in [-0.2, -0.15) is 0 Å². The molecule has 0 fully saturated rings. The number of nitrogens with one attached hydrogen (secondary N) is 3. The van der Waals surface area contributed by atoms with E-state index in [4.69, 9.17) is 9.84 Å². The van der Waals surface area contributed by atoms with Gasteiger partial charge in [-0.15, -0.1) is 0 Å². The summed E-state index contributed by atoms with van der Waals surface area (Å²) in [7, 11) is 3.65. The van der Waals surface area contributed by atoms with E-state index >= 15 is 0 Å². The molecule has 1 atom stereocenters. The lowest BCUT2D eigenvalue weighted by Crippen LogP contribution is -2.54. The molecule has 0 saturated carbocycles. The Balaban J connectivity index is 4.87. The lowest BCUT2D eigenvalue weighted by Gasteiger charge is -2.30. The average Bonchev–Trinajstić information content (AvgIpc) is 2.73. The first-order valence-corrected chi connectivity index (χ1v) is 11.4. The first-order chi connectivity index (χ1) is 15.7. The monoisotopic (exact) mass is 488 g/mol. The van der Waals surface area contributed by atoms with Crippen LogP contribution in [0.4, 0.5) is 0 Å². The molecule has 0 bridgehead atoms. The predicted octanol–water partition coefficient (Wildman–Crippen LogP) is -1.76. The van der Waals surface area contributed by atoms with Gasteiger partial charge in [0.1, 0.15) is 6.04 Å². The number of amides is 3. The third kappa shape index (κ3) is 14.4. The minimum Gasteiger partial charge on any atom is -0.550 e. The van der Waals surface area contributed by atoms with Crippen molar-refractivity contribution in [1.82, 2.24) is 16.0 Å². The predicted molar refractivity (Wildman–Crippen MR) is 121 cm³/mol. The Hall–Kier alpha value is -2.73. The Bertz CT molecular complexity index is 709. The summed E-state index contributed by atoms with van der Waals surface area (Å²) in [6, 6.07) is -1.09. The number of likely N-dealkylation sites (N-methyl/N-ethyl adjacent to an activating group) is 1. The quantitative estimate of drug-likeness (QED) is 0.130. The first-order valence-electron chi connectivity index (χ1n) is 11.4. The Morgan fingerprint density at radius 1 is 1.00 bits per heavy atom. The molecule has 0 heterocycles. The molecule has 0 aromatic rings. The van der Waals surface area contributed by atoms with E-state index in [1.165, 1.54) is 0 Å². The Kier molecular flexibility index (Phi) is 14.0. The number of aliphatic carboxylic acids is 2. The van der Waals surface area contributed by atoms with Gasteiger partial charge >= 0.3 is 5.97 Å². The van der Waals surface area contributed by atoms with Gasteiger partial charge in [0.25, 0.3) is 0 Å². The van der Waals surface area contributed by atoms with E-state index in [0.29, 0.717) is 24.0 Å². The van der Waals surface area contributed by atoms with E-state index in [1.807, 2.05) is 21.0 Å². The molecule has 0 aliphatic carbocycles. The fraction of sp³-hybridized carbons (Fsp3) is 0.773. The normalized spacial score (nSPS) is 12.5. The second-order valence-electron chi connectivity index (χ2n) is 9.37. The second-order valence-corrected chi connectivity index (χ2v) is 9.37. The van der Waals surface area contributed by atoms with Gasteiger partial charge in [-0.3, -0.25) is 19.2 Å². The maximum atomic E-state index is 12.8. The summed E-state index contributed by atoms with van der Waals surface area (Å²) in [4.78, 5) is 58.8. The summed E-state index contributed by atoms with van der Waals surface area (Å²) < 4.78 is 5.45. The highest BCUT2D eigenvalue weighted by molar-refractivity contribution is 5.93. The minimum absolute atomic E-state index is 0.0240. The second kappa shape index (κ2) is 15.2. The number of carbonyl (C=O) groups is 5. The summed E-state index contributed by atoms with van der Waals surface area (Å²) in [5, 5.41) is 27.2. The van der Waals surface area contributed by atoms with Crippen LogP contribution in [0.25, 0.3) is 0 Å². The van der Waals surface area contributed by atoms with Crippen LogP contribution in [-0.2, 0) is 28.7 Å². The van der Waals surface area contributed by atoms with Gasteiger partial charge in [-0.25, -0.2) is 0 Å². The third-order valence-electron chi connectivity index (χ3n) is 5.48. The zero-order chi connectivity index (χ0) is 26.4. The minimum atomic E-state index is -1.14. The van der Waals surface area contributed by atoms with Gasteiger partial charge in [-0.1, -0.05) is 20.8 Å². The zero-order valence-corrected chi connectivity index (χ0v) is 20.9. The van der Waals surface area contributed by atoms with Crippen LogP contribution in [-0.4, -0.2) is 98.8 Å². The molecule has 4 N–H and O–H groups in total. The molecule has 12 nitrogen and oxygen atoms in total. The zero-order valence-electron chi connectivity index (χ0n) is 20.9. The van der Waals surface area contributed by atoms with Crippen molar-refractivity contribution in [2.45, 2.75) is 52.5 Å². The number of nitrogens with zero attached hydrogens (tertiary/aromatic N) is 1. The SMILES string of the molecule is CCC(C)(C)C(=O)NC(CC(=O)NCCOCCC(=O)O)C(=O)NCC[N+](C)(C)CCC(=O)[O-]. The van der Waals surface area contributed by atoms with E-state index in [9.17, 15) is 29.1 Å². The summed E-state index contributed by atoms with van der Waals surface area (Å²) in [6.07, 6.45) is 0.0106. The maximum Gasteiger partial charge on any atom is 0.305 e. The van der Waals surface area contributed by atoms with Crippen LogP contribution in [0.5, 0.6) is 0 Å². The van der Waals surface area contributed by atoms with Crippen molar-refractivity contribution in [2.75, 3.05) is 53.5 Å². The van der Waals surface area contributed by atoms with Gasteiger partial charge in [0, 0.05) is 24.3 Å². The molecule has 0 saturated heterocycles. The van der Waals surface area contributed by atoms with Crippen LogP contribution in [0.15, 0.2) is 0 Å². The van der Waals surface area contributed by atoms with Gasteiger partial charge in [0.15, 0.2) is 0 Å². The molecule has 0 aliphatic rings. The Morgan fingerprint density at radius 2 is 1.65 bits per heavy atom. The van der Waals surface area contributed by atoms with E-state index in [-0.39, 0.29) is 51.5 Å². The molecule has 3 amide bonds. The topological polar surface area (TPSA) is 174 Å². The Labute approximate surface area is 201 Å². The standard InChI is InChI=1S/C22H40N4O8/c1-6-22(2,3)21(33)25-16(15-17(27)23-10-14-34-13-8-19(30)31)20(32)24-9-12-26(4,5)11-7-18(28)29/h16H,6-15H2,1-5H3,(H4-,23,24,25,27,28,29,30,31,32,33). The largest absolute Gasteiger partial charge is 0.550 e. The molecule has 0 rings (SSSR count). The number of carboxylic acids is 2. The van der Waals surface area contributed by atoms with Crippen LogP contribution in [0, 0.1) is 5.41 Å². The van der Waals surface area contributed by atoms with Crippen LogP contribution in [0.3, 0.4) is 0 Å². The van der Waals surface area contributed by atoms with Gasteiger partial charge in [0.2, 0.25) is 17.7 Å². The van der Waals surface area contributed by atoms with E-state index < -0.39 is 35.2 Å². The van der Waals surface area contributed by atoms with Crippen molar-refractivity contribution < 1.29 is 43.4 Å². The van der Waals surface area contributed by atoms with Crippen LogP contribution < -0.4 is 21.1 Å². The highest BCUT2D eigenvalue weighted by atomic mass is 16.5. The van der Waals surface area contributed by atoms with Crippen molar-refractivity contribution in [3.05, 3.63) is 0 Å². The molecule has 1 unspecified atom stereocenters. The van der Waals surface area contributed by atoms with Gasteiger partial charge in [-0.05, 0) is 6.42 Å². The molecule has 0 aliphatic heterocycles. The molecule has 0 radical (unpaired) electrons. The Morgan fingerprint density at radius 3 is 2.21 bits per heavy atom. The average molecular weight is 489 g/mol. The van der Waals surface area contributed by atoms with Crippen molar-refractivity contribution in [2.24, 2.45) is 5.41 Å². The van der Waals surface area contributed by atoms with Crippen LogP contribution in [0.2, 0.25) is 0 Å². The third-order valence-corrected chi connectivity index (χ3v) is 5.48. The fourth-order valence-corrected chi connectivity index (χ4v) is 2.62. The van der Waals surface area contributed by atoms with Crippen molar-refractivity contribution in [3.63, 3.8) is 0 Å². The number of ether oxygens (including phenoxy) is 1. The number of carbonyl (C=O) groups excluding carboxylic acids is 4. The number of hydrogen-bond acceptors (Lipinski definition) is 7. The van der Waals surface area contributed by atoms with Gasteiger partial charge in [0.05, 0.1) is 59.8 Å². The van der Waals surface area contributed by atoms with E-state index in [2.05, 4.69) is 16.0 Å². The number of hydrogen-bond donors (Lipinski definition) is 4. The van der Waals surface area contributed by atoms with E-state index in [1.54, 1.807) is 13.8 Å². The van der Waals surface area contributed by atoms with Crippen molar-refractivity contribution >= 4 is 29.7 Å². The van der Waals surface area contributed by atoms with Crippen molar-refractivity contribution in [3.8, 4) is 0 Å². The molecule has 0 aromatic heterocycles. The lowest BCUT2D eigenvalue weighted by atomic mass is 9.89. The maximum absolute atomic E-state index is 12.8. The highest BCUT2D eigenvalue weighted by Crippen LogP contribution is 2.20. The lowest BCUT2D eigenvalue weighted by molar-refractivity contribution is -0.888. The number of carboxylic acid groups (broad SMARTS) is 2. The molecule has 0 spiro atoms. The summed E-state index contributed by atoms with van der Waals surface area (Å²) in [5.41, 5.74) is -0.725. The number of rotatable bonds is 18. The van der Waals surface area contributed by atoms with E-state index in [0.717, 1.165) is 0 Å². The number of quaternary nitrogens is 1. The summed E-state index contributed by atoms with van der Waals surface area (Å²) >= 11 is 0. The smallest absolute Gasteiger partial charge is 0.305 e. The molecular formula is C22H40N4O8. The molecule has 12 heteroatoms. The summed E-state index contributed by atoms with van der Waals surface area (Å²) in [6.45, 7) is 6.59. The molecule has 196 valence electrons.